The second-order valence-electron chi connectivity index (χ2n) is 4.91. The van der Waals surface area contributed by atoms with E-state index in [1.807, 2.05) is 0 Å². The Kier molecular flexibility index (Phi) is 5.30. The van der Waals surface area contributed by atoms with Crippen LogP contribution in [0.4, 0.5) is 0 Å². The molecule has 0 aliphatic heterocycles. The Morgan fingerprint density at radius 1 is 0.895 bits per heavy atom. The molecule has 0 unspecified atom stereocenters. The molecule has 0 aliphatic rings. The molecule has 0 amide bonds. The van der Waals surface area contributed by atoms with E-state index in [0.29, 0.717) is 5.92 Å². The van der Waals surface area contributed by atoms with Crippen LogP contribution in [0.2, 0.25) is 0 Å². The minimum atomic E-state index is -0.612. The first kappa shape index (κ1) is 14.0. The van der Waals surface area contributed by atoms with Gasteiger partial charge >= 0.3 is 0 Å². The molecule has 0 aliphatic carbocycles. The van der Waals surface area contributed by atoms with Gasteiger partial charge in [0.1, 0.15) is 0 Å². The van der Waals surface area contributed by atoms with Gasteiger partial charge in [-0.2, -0.15) is 0 Å². The SMILES string of the molecule is CC(C)C/C=N/P(c1ccccc1)c1ccccc1. The molecule has 2 heteroatoms. The highest BCUT2D eigenvalue weighted by Gasteiger charge is 2.11. The van der Waals surface area contributed by atoms with Crippen molar-refractivity contribution in [2.45, 2.75) is 20.3 Å². The van der Waals surface area contributed by atoms with Crippen LogP contribution in [-0.4, -0.2) is 6.21 Å². The van der Waals surface area contributed by atoms with Crippen molar-refractivity contribution in [2.75, 3.05) is 0 Å². The van der Waals surface area contributed by atoms with Crippen molar-refractivity contribution in [1.82, 2.24) is 0 Å². The van der Waals surface area contributed by atoms with E-state index in [-0.39, 0.29) is 0 Å². The Balaban J connectivity index is 2.27. The molecule has 0 heterocycles. The molecule has 0 N–H and O–H groups in total. The van der Waals surface area contributed by atoms with Gasteiger partial charge in [-0.05, 0) is 12.3 Å². The van der Waals surface area contributed by atoms with E-state index < -0.39 is 8.07 Å². The zero-order valence-corrected chi connectivity index (χ0v) is 12.4. The van der Waals surface area contributed by atoms with Crippen molar-refractivity contribution >= 4 is 24.9 Å². The summed E-state index contributed by atoms with van der Waals surface area (Å²) in [6, 6.07) is 21.2. The number of rotatable bonds is 5. The number of hydrogen-bond acceptors (Lipinski definition) is 1. The van der Waals surface area contributed by atoms with E-state index >= 15 is 0 Å². The van der Waals surface area contributed by atoms with Crippen molar-refractivity contribution in [2.24, 2.45) is 10.7 Å². The maximum Gasteiger partial charge on any atom is 0.0775 e. The summed E-state index contributed by atoms with van der Waals surface area (Å²) in [5.41, 5.74) is 0. The molecule has 0 fully saturated rings. The molecule has 2 aromatic rings. The summed E-state index contributed by atoms with van der Waals surface area (Å²) < 4.78 is 4.84. The second kappa shape index (κ2) is 7.21. The zero-order valence-electron chi connectivity index (χ0n) is 11.5. The third kappa shape index (κ3) is 4.29. The monoisotopic (exact) mass is 269 g/mol. The normalized spacial score (nSPS) is 11.6. The van der Waals surface area contributed by atoms with E-state index in [4.69, 9.17) is 4.76 Å². The van der Waals surface area contributed by atoms with Crippen LogP contribution < -0.4 is 10.6 Å². The Morgan fingerprint density at radius 2 is 1.37 bits per heavy atom. The Hall–Kier alpha value is -1.46. The summed E-state index contributed by atoms with van der Waals surface area (Å²) in [4.78, 5) is 0. The van der Waals surface area contributed by atoms with Crippen LogP contribution in [0, 0.1) is 5.92 Å². The van der Waals surface area contributed by atoms with Crippen molar-refractivity contribution in [3.05, 3.63) is 60.7 Å². The van der Waals surface area contributed by atoms with Crippen molar-refractivity contribution in [3.63, 3.8) is 0 Å². The molecular formula is C17H20NP. The standard InChI is InChI=1S/C17H20NP/c1-15(2)13-14-18-19(16-9-5-3-6-10-16)17-11-7-4-8-12-17/h3-12,14-15H,13H2,1-2H3/b18-14+. The van der Waals surface area contributed by atoms with Gasteiger partial charge in [0.25, 0.3) is 0 Å². The van der Waals surface area contributed by atoms with Crippen LogP contribution in [0.25, 0.3) is 0 Å². The second-order valence-corrected chi connectivity index (χ2v) is 6.80. The van der Waals surface area contributed by atoms with Crippen LogP contribution in [0.3, 0.4) is 0 Å². The maximum atomic E-state index is 4.84. The van der Waals surface area contributed by atoms with Gasteiger partial charge in [0.15, 0.2) is 0 Å². The first-order chi connectivity index (χ1) is 9.27. The highest BCUT2D eigenvalue weighted by Crippen LogP contribution is 2.34. The van der Waals surface area contributed by atoms with Crippen LogP contribution in [0.1, 0.15) is 20.3 Å². The molecule has 19 heavy (non-hydrogen) atoms. The first-order valence-corrected chi connectivity index (χ1v) is 7.99. The number of nitrogens with zero attached hydrogens (tertiary/aromatic N) is 1. The van der Waals surface area contributed by atoms with Gasteiger partial charge in [-0.15, -0.1) is 0 Å². The van der Waals surface area contributed by atoms with E-state index in [1.165, 1.54) is 10.6 Å². The van der Waals surface area contributed by atoms with Gasteiger partial charge in [-0.1, -0.05) is 74.5 Å². The van der Waals surface area contributed by atoms with Crippen LogP contribution in [0.15, 0.2) is 65.4 Å². The molecule has 2 aromatic carbocycles. The lowest BCUT2D eigenvalue weighted by molar-refractivity contribution is 0.691. The third-order valence-corrected chi connectivity index (χ3v) is 4.74. The fourth-order valence-corrected chi connectivity index (χ4v) is 3.49. The molecule has 1 nitrogen and oxygen atoms in total. The van der Waals surface area contributed by atoms with E-state index in [1.54, 1.807) is 0 Å². The van der Waals surface area contributed by atoms with E-state index in [2.05, 4.69) is 80.7 Å². The summed E-state index contributed by atoms with van der Waals surface area (Å²) in [6.45, 7) is 4.44. The van der Waals surface area contributed by atoms with Crippen molar-refractivity contribution in [1.29, 1.82) is 0 Å². The first-order valence-electron chi connectivity index (χ1n) is 6.70. The van der Waals surface area contributed by atoms with E-state index in [0.717, 1.165) is 6.42 Å². The summed E-state index contributed by atoms with van der Waals surface area (Å²) >= 11 is 0. The fourth-order valence-electron chi connectivity index (χ4n) is 1.76. The average Bonchev–Trinajstić information content (AvgIpc) is 2.45. The lowest BCUT2D eigenvalue weighted by Gasteiger charge is -2.13. The van der Waals surface area contributed by atoms with Gasteiger partial charge in [0.2, 0.25) is 0 Å². The van der Waals surface area contributed by atoms with Crippen LogP contribution in [0.5, 0.6) is 0 Å². The predicted octanol–water partition coefficient (Wildman–Crippen LogP) is 4.15. The number of hydrogen-bond donors (Lipinski definition) is 0. The topological polar surface area (TPSA) is 12.4 Å². The minimum Gasteiger partial charge on any atom is -0.264 e. The molecule has 0 saturated heterocycles. The lowest BCUT2D eigenvalue weighted by atomic mass is 10.2. The summed E-state index contributed by atoms with van der Waals surface area (Å²) in [6.07, 6.45) is 3.13. The molecule has 2 rings (SSSR count). The van der Waals surface area contributed by atoms with Crippen molar-refractivity contribution in [3.8, 4) is 0 Å². The van der Waals surface area contributed by atoms with Gasteiger partial charge < -0.3 is 0 Å². The Bertz CT molecular complexity index is 466. The van der Waals surface area contributed by atoms with Gasteiger partial charge in [-0.25, -0.2) is 0 Å². The molecule has 0 atom stereocenters. The summed E-state index contributed by atoms with van der Waals surface area (Å²) in [7, 11) is -0.612. The smallest absolute Gasteiger partial charge is 0.0775 e. The molecule has 0 saturated carbocycles. The molecule has 0 spiro atoms. The lowest BCUT2D eigenvalue weighted by Crippen LogP contribution is -2.09. The van der Waals surface area contributed by atoms with Gasteiger partial charge in [0.05, 0.1) is 8.07 Å². The highest BCUT2D eigenvalue weighted by molar-refractivity contribution is 7.71. The molecule has 0 bridgehead atoms. The molecule has 0 radical (unpaired) electrons. The predicted molar refractivity (Wildman–Crippen MR) is 87.0 cm³/mol. The van der Waals surface area contributed by atoms with Gasteiger partial charge in [0, 0.05) is 16.8 Å². The largest absolute Gasteiger partial charge is 0.264 e. The van der Waals surface area contributed by atoms with Crippen molar-refractivity contribution < 1.29 is 0 Å². The highest BCUT2D eigenvalue weighted by atomic mass is 31.1. The Morgan fingerprint density at radius 3 is 1.79 bits per heavy atom. The molecule has 98 valence electrons. The van der Waals surface area contributed by atoms with Crippen LogP contribution in [-0.2, 0) is 0 Å². The summed E-state index contributed by atoms with van der Waals surface area (Å²) in [5, 5.41) is 2.62. The van der Waals surface area contributed by atoms with E-state index in [9.17, 15) is 0 Å². The minimum absolute atomic E-state index is 0.612. The maximum absolute atomic E-state index is 4.84. The molecular weight excluding hydrogens is 249 g/mol. The van der Waals surface area contributed by atoms with Crippen LogP contribution >= 0.6 is 8.07 Å². The molecule has 0 aromatic heterocycles. The fraction of sp³-hybridized carbons (Fsp3) is 0.235. The zero-order chi connectivity index (χ0) is 13.5. The average molecular weight is 269 g/mol. The van der Waals surface area contributed by atoms with Gasteiger partial charge in [-0.3, -0.25) is 4.76 Å². The third-order valence-electron chi connectivity index (χ3n) is 2.78. The number of benzene rings is 2. The Labute approximate surface area is 117 Å². The quantitative estimate of drug-likeness (QED) is 0.571. The summed E-state index contributed by atoms with van der Waals surface area (Å²) in [5.74, 6) is 0.659.